The maximum atomic E-state index is 12.9. The highest BCUT2D eigenvalue weighted by atomic mass is 32.2. The number of benzene rings is 1. The van der Waals surface area contributed by atoms with Gasteiger partial charge < -0.3 is 10.2 Å². The lowest BCUT2D eigenvalue weighted by molar-refractivity contribution is 0.353. The number of guanidine groups is 1. The van der Waals surface area contributed by atoms with Crippen LogP contribution in [0.1, 0.15) is 20.3 Å². The summed E-state index contributed by atoms with van der Waals surface area (Å²) in [6, 6.07) is 6.49. The lowest BCUT2D eigenvalue weighted by Gasteiger charge is -2.39. The number of rotatable bonds is 5. The molecule has 0 bridgehead atoms. The molecule has 0 spiro atoms. The molecule has 1 aromatic rings. The van der Waals surface area contributed by atoms with E-state index in [0.29, 0.717) is 13.1 Å². The Hall–Kier alpha value is -1.28. The van der Waals surface area contributed by atoms with E-state index in [1.165, 1.54) is 12.1 Å². The molecule has 140 valence electrons. The van der Waals surface area contributed by atoms with E-state index in [4.69, 9.17) is 0 Å². The van der Waals surface area contributed by atoms with Gasteiger partial charge in [0.15, 0.2) is 15.8 Å². The molecule has 1 fully saturated rings. The molecule has 0 unspecified atom stereocenters. The van der Waals surface area contributed by atoms with Crippen LogP contribution in [0.4, 0.5) is 4.39 Å². The molecule has 0 amide bonds. The highest BCUT2D eigenvalue weighted by Crippen LogP contribution is 2.23. The molecule has 8 heteroatoms. The third kappa shape index (κ3) is 5.34. The SMILES string of the molecule is CN=C(NCCCSc1ccc(F)cc1)N1CCS(=O)(=O)C(C)(C)C1. The molecule has 5 nitrogen and oxygen atoms in total. The van der Waals surface area contributed by atoms with Gasteiger partial charge in [-0.2, -0.15) is 0 Å². The molecule has 1 aliphatic heterocycles. The normalized spacial score (nSPS) is 19.7. The van der Waals surface area contributed by atoms with Crippen LogP contribution in [0.5, 0.6) is 0 Å². The number of sulfone groups is 1. The van der Waals surface area contributed by atoms with E-state index in [-0.39, 0.29) is 11.6 Å². The zero-order chi connectivity index (χ0) is 18.5. The van der Waals surface area contributed by atoms with Gasteiger partial charge in [-0.15, -0.1) is 11.8 Å². The Bertz CT molecular complexity index is 703. The van der Waals surface area contributed by atoms with Crippen LogP contribution in [0.3, 0.4) is 0 Å². The lowest BCUT2D eigenvalue weighted by Crippen LogP contribution is -2.57. The van der Waals surface area contributed by atoms with E-state index < -0.39 is 14.6 Å². The van der Waals surface area contributed by atoms with Gasteiger partial charge in [-0.1, -0.05) is 0 Å². The fraction of sp³-hybridized carbons (Fsp3) is 0.588. The molecule has 1 aromatic carbocycles. The van der Waals surface area contributed by atoms with Crippen molar-refractivity contribution >= 4 is 27.6 Å². The van der Waals surface area contributed by atoms with Gasteiger partial charge in [0.05, 0.1) is 10.5 Å². The minimum Gasteiger partial charge on any atom is -0.356 e. The van der Waals surface area contributed by atoms with Crippen LogP contribution >= 0.6 is 11.8 Å². The van der Waals surface area contributed by atoms with E-state index >= 15 is 0 Å². The maximum absolute atomic E-state index is 12.9. The Morgan fingerprint density at radius 2 is 2.04 bits per heavy atom. The van der Waals surface area contributed by atoms with E-state index in [9.17, 15) is 12.8 Å². The molecule has 1 heterocycles. The van der Waals surface area contributed by atoms with Gasteiger partial charge in [0.1, 0.15) is 5.82 Å². The summed E-state index contributed by atoms with van der Waals surface area (Å²) >= 11 is 1.68. The second-order valence-corrected chi connectivity index (χ2v) is 10.5. The van der Waals surface area contributed by atoms with E-state index in [1.807, 2.05) is 4.90 Å². The molecular weight excluding hydrogens is 361 g/mol. The smallest absolute Gasteiger partial charge is 0.193 e. The summed E-state index contributed by atoms with van der Waals surface area (Å²) in [6.07, 6.45) is 0.927. The highest BCUT2D eigenvalue weighted by Gasteiger charge is 2.40. The zero-order valence-corrected chi connectivity index (χ0v) is 16.6. The van der Waals surface area contributed by atoms with E-state index in [1.54, 1.807) is 44.8 Å². The van der Waals surface area contributed by atoms with Crippen molar-refractivity contribution in [1.82, 2.24) is 10.2 Å². The second kappa shape index (κ2) is 8.40. The highest BCUT2D eigenvalue weighted by molar-refractivity contribution is 7.99. The summed E-state index contributed by atoms with van der Waals surface area (Å²) in [6.45, 7) is 5.20. The molecule has 0 saturated carbocycles. The third-order valence-corrected chi connectivity index (χ3v) is 7.87. The molecule has 0 aliphatic carbocycles. The Kier molecular flexibility index (Phi) is 6.73. The van der Waals surface area contributed by atoms with E-state index in [2.05, 4.69) is 10.3 Å². The van der Waals surface area contributed by atoms with Crippen molar-refractivity contribution < 1.29 is 12.8 Å². The van der Waals surface area contributed by atoms with Crippen molar-refractivity contribution in [2.24, 2.45) is 4.99 Å². The Labute approximate surface area is 154 Å². The molecule has 1 aliphatic rings. The van der Waals surface area contributed by atoms with Crippen LogP contribution in [-0.2, 0) is 9.84 Å². The summed E-state index contributed by atoms with van der Waals surface area (Å²) in [5.74, 6) is 1.59. The fourth-order valence-corrected chi connectivity index (χ4v) is 4.87. The average Bonchev–Trinajstić information content (AvgIpc) is 2.55. The predicted octanol–water partition coefficient (Wildman–Crippen LogP) is 2.39. The summed E-state index contributed by atoms with van der Waals surface area (Å²) in [7, 11) is -1.34. The number of hydrogen-bond donors (Lipinski definition) is 1. The van der Waals surface area contributed by atoms with Crippen molar-refractivity contribution in [2.45, 2.75) is 29.9 Å². The minimum atomic E-state index is -3.05. The maximum Gasteiger partial charge on any atom is 0.193 e. The van der Waals surface area contributed by atoms with Gasteiger partial charge in [-0.25, -0.2) is 12.8 Å². The molecule has 1 N–H and O–H groups in total. The van der Waals surface area contributed by atoms with Gasteiger partial charge in [0.2, 0.25) is 0 Å². The van der Waals surface area contributed by atoms with Gasteiger partial charge in [0, 0.05) is 31.6 Å². The first kappa shape index (κ1) is 20.0. The molecule has 0 radical (unpaired) electrons. The standard InChI is InChI=1S/C17H26FN3O2S2/c1-17(2)13-21(10-12-25(17,22)23)16(19-3)20-9-4-11-24-15-7-5-14(18)6-8-15/h5-8H,4,9-13H2,1-3H3,(H,19,20). The summed E-state index contributed by atoms with van der Waals surface area (Å²) < 4.78 is 36.3. The molecule has 25 heavy (non-hydrogen) atoms. The Morgan fingerprint density at radius 3 is 2.64 bits per heavy atom. The lowest BCUT2D eigenvalue weighted by atomic mass is 10.2. The van der Waals surface area contributed by atoms with Crippen LogP contribution in [0.25, 0.3) is 0 Å². The number of nitrogens with zero attached hydrogens (tertiary/aromatic N) is 2. The van der Waals surface area contributed by atoms with Crippen LogP contribution < -0.4 is 5.32 Å². The molecule has 1 saturated heterocycles. The third-order valence-electron chi connectivity index (χ3n) is 4.24. The van der Waals surface area contributed by atoms with Gasteiger partial charge in [-0.3, -0.25) is 4.99 Å². The van der Waals surface area contributed by atoms with Crippen LogP contribution in [0.15, 0.2) is 34.2 Å². The second-order valence-electron chi connectivity index (χ2n) is 6.63. The van der Waals surface area contributed by atoms with Crippen LogP contribution in [0.2, 0.25) is 0 Å². The van der Waals surface area contributed by atoms with Crippen LogP contribution in [0, 0.1) is 5.82 Å². The minimum absolute atomic E-state index is 0.154. The zero-order valence-electron chi connectivity index (χ0n) is 15.0. The van der Waals surface area contributed by atoms with Crippen molar-refractivity contribution in [3.05, 3.63) is 30.1 Å². The summed E-state index contributed by atoms with van der Waals surface area (Å²) in [5, 5.41) is 3.31. The van der Waals surface area contributed by atoms with Gasteiger partial charge in [0.25, 0.3) is 0 Å². The van der Waals surface area contributed by atoms with Crippen molar-refractivity contribution in [2.75, 3.05) is 38.2 Å². The van der Waals surface area contributed by atoms with E-state index in [0.717, 1.165) is 29.6 Å². The van der Waals surface area contributed by atoms with Crippen molar-refractivity contribution in [3.63, 3.8) is 0 Å². The molecular formula is C17H26FN3O2S2. The molecule has 0 aromatic heterocycles. The quantitative estimate of drug-likeness (QED) is 0.364. The topological polar surface area (TPSA) is 61.8 Å². The average molecular weight is 388 g/mol. The van der Waals surface area contributed by atoms with Crippen molar-refractivity contribution in [3.8, 4) is 0 Å². The predicted molar refractivity (Wildman–Crippen MR) is 103 cm³/mol. The first-order chi connectivity index (χ1) is 11.7. The van der Waals surface area contributed by atoms with Gasteiger partial charge in [-0.05, 0) is 50.3 Å². The Morgan fingerprint density at radius 1 is 1.36 bits per heavy atom. The monoisotopic (exact) mass is 387 g/mol. The fourth-order valence-electron chi connectivity index (χ4n) is 2.65. The number of aliphatic imine (C=N–C) groups is 1. The first-order valence-electron chi connectivity index (χ1n) is 8.31. The summed E-state index contributed by atoms with van der Waals surface area (Å²) in [4.78, 5) is 7.34. The van der Waals surface area contributed by atoms with Crippen molar-refractivity contribution in [1.29, 1.82) is 0 Å². The van der Waals surface area contributed by atoms with Gasteiger partial charge >= 0.3 is 0 Å². The number of thioether (sulfide) groups is 1. The molecule has 0 atom stereocenters. The largest absolute Gasteiger partial charge is 0.356 e. The Balaban J connectivity index is 1.76. The van der Waals surface area contributed by atoms with Crippen LogP contribution in [-0.4, -0.2) is 62.2 Å². The number of halogens is 1. The first-order valence-corrected chi connectivity index (χ1v) is 11.0. The summed E-state index contributed by atoms with van der Waals surface area (Å²) in [5.41, 5.74) is 0. The number of hydrogen-bond acceptors (Lipinski definition) is 4. The molecule has 2 rings (SSSR count). The number of nitrogens with one attached hydrogen (secondary N) is 1.